The third-order valence-electron chi connectivity index (χ3n) is 2.41. The van der Waals surface area contributed by atoms with Gasteiger partial charge in [-0.3, -0.25) is 16.3 Å². The Kier molecular flexibility index (Phi) is 4.22. The quantitative estimate of drug-likeness (QED) is 0.672. The van der Waals surface area contributed by atoms with Gasteiger partial charge in [-0.25, -0.2) is 4.98 Å². The second kappa shape index (κ2) is 5.68. The van der Waals surface area contributed by atoms with Crippen molar-refractivity contribution in [3.8, 4) is 0 Å². The summed E-state index contributed by atoms with van der Waals surface area (Å²) in [6.45, 7) is 2.00. The Morgan fingerprint density at radius 1 is 1.53 bits per heavy atom. The van der Waals surface area contributed by atoms with Crippen LogP contribution >= 0.6 is 27.3 Å². The third-order valence-corrected chi connectivity index (χ3v) is 3.67. The number of hydrogen-bond donors (Lipinski definition) is 2. The molecule has 2 aromatic rings. The lowest BCUT2D eigenvalue weighted by Gasteiger charge is -2.14. The molecule has 0 aromatic carbocycles. The van der Waals surface area contributed by atoms with Gasteiger partial charge in [0.2, 0.25) is 0 Å². The van der Waals surface area contributed by atoms with Gasteiger partial charge in [0, 0.05) is 28.7 Å². The summed E-state index contributed by atoms with van der Waals surface area (Å²) in [5, 5.41) is 3.13. The van der Waals surface area contributed by atoms with E-state index < -0.39 is 0 Å². The highest BCUT2D eigenvalue weighted by Crippen LogP contribution is 2.20. The Morgan fingerprint density at radius 2 is 2.35 bits per heavy atom. The van der Waals surface area contributed by atoms with E-state index in [9.17, 15) is 0 Å². The average molecular weight is 313 g/mol. The highest BCUT2D eigenvalue weighted by atomic mass is 79.9. The smallest absolute Gasteiger partial charge is 0.0897 e. The Labute approximate surface area is 112 Å². The maximum absolute atomic E-state index is 5.59. The van der Waals surface area contributed by atoms with Gasteiger partial charge in [-0.15, -0.1) is 11.3 Å². The standard InChI is InChI=1S/C11H13BrN4S/c1-7-15-10(6-17-7)3-11(16-13)8-2-9(12)5-14-4-8/h2,4-6,11,16H,3,13H2,1H3. The first-order chi connectivity index (χ1) is 8.19. The number of aromatic nitrogens is 2. The molecule has 0 aliphatic rings. The van der Waals surface area contributed by atoms with E-state index in [-0.39, 0.29) is 6.04 Å². The number of nitrogens with two attached hydrogens (primary N) is 1. The van der Waals surface area contributed by atoms with Crippen LogP contribution in [0.2, 0.25) is 0 Å². The minimum atomic E-state index is 0.0292. The van der Waals surface area contributed by atoms with E-state index >= 15 is 0 Å². The van der Waals surface area contributed by atoms with Gasteiger partial charge in [0.1, 0.15) is 0 Å². The van der Waals surface area contributed by atoms with Gasteiger partial charge >= 0.3 is 0 Å². The summed E-state index contributed by atoms with van der Waals surface area (Å²) in [4.78, 5) is 8.58. The van der Waals surface area contributed by atoms with Crippen LogP contribution in [-0.4, -0.2) is 9.97 Å². The lowest BCUT2D eigenvalue weighted by molar-refractivity contribution is 0.545. The van der Waals surface area contributed by atoms with Crippen molar-refractivity contribution in [1.29, 1.82) is 0 Å². The Morgan fingerprint density at radius 3 is 2.94 bits per heavy atom. The van der Waals surface area contributed by atoms with Gasteiger partial charge in [0.05, 0.1) is 16.7 Å². The lowest BCUT2D eigenvalue weighted by atomic mass is 10.1. The van der Waals surface area contributed by atoms with Crippen molar-refractivity contribution in [2.75, 3.05) is 0 Å². The number of thiazole rings is 1. The van der Waals surface area contributed by atoms with Crippen molar-refractivity contribution in [2.24, 2.45) is 5.84 Å². The van der Waals surface area contributed by atoms with E-state index in [0.29, 0.717) is 0 Å². The summed E-state index contributed by atoms with van der Waals surface area (Å²) in [5.74, 6) is 5.59. The first-order valence-corrected chi connectivity index (χ1v) is 6.84. The minimum absolute atomic E-state index is 0.0292. The zero-order valence-electron chi connectivity index (χ0n) is 9.35. The Bertz CT molecular complexity index is 500. The number of pyridine rings is 1. The fourth-order valence-corrected chi connectivity index (χ4v) is 2.61. The second-order valence-electron chi connectivity index (χ2n) is 3.72. The van der Waals surface area contributed by atoms with E-state index in [1.165, 1.54) is 0 Å². The van der Waals surface area contributed by atoms with E-state index in [1.807, 2.05) is 19.2 Å². The predicted octanol–water partition coefficient (Wildman–Crippen LogP) is 2.36. The van der Waals surface area contributed by atoms with Gasteiger partial charge in [-0.05, 0) is 34.5 Å². The molecule has 0 saturated heterocycles. The number of halogens is 1. The number of aryl methyl sites for hydroxylation is 1. The largest absolute Gasteiger partial charge is 0.271 e. The molecule has 0 amide bonds. The molecule has 6 heteroatoms. The van der Waals surface area contributed by atoms with Crippen molar-refractivity contribution in [3.05, 3.63) is 44.6 Å². The van der Waals surface area contributed by atoms with Crippen LogP contribution in [-0.2, 0) is 6.42 Å². The van der Waals surface area contributed by atoms with Crippen LogP contribution in [0.1, 0.15) is 22.3 Å². The third kappa shape index (κ3) is 3.32. The number of rotatable bonds is 4. The molecule has 3 N–H and O–H groups in total. The van der Waals surface area contributed by atoms with Crippen LogP contribution in [0, 0.1) is 6.92 Å². The molecule has 0 radical (unpaired) electrons. The summed E-state index contributed by atoms with van der Waals surface area (Å²) in [7, 11) is 0. The maximum atomic E-state index is 5.59. The van der Waals surface area contributed by atoms with Crippen molar-refractivity contribution >= 4 is 27.3 Å². The molecule has 90 valence electrons. The van der Waals surface area contributed by atoms with E-state index in [4.69, 9.17) is 5.84 Å². The van der Waals surface area contributed by atoms with Gasteiger partial charge in [-0.1, -0.05) is 0 Å². The highest BCUT2D eigenvalue weighted by molar-refractivity contribution is 9.10. The van der Waals surface area contributed by atoms with E-state index in [1.54, 1.807) is 17.5 Å². The minimum Gasteiger partial charge on any atom is -0.271 e. The molecule has 2 heterocycles. The van der Waals surface area contributed by atoms with Crippen LogP contribution in [0.25, 0.3) is 0 Å². The van der Waals surface area contributed by atoms with Crippen LogP contribution in [0.4, 0.5) is 0 Å². The van der Waals surface area contributed by atoms with Crippen LogP contribution in [0.3, 0.4) is 0 Å². The van der Waals surface area contributed by atoms with Crippen LogP contribution in [0.15, 0.2) is 28.3 Å². The number of hydrogen-bond acceptors (Lipinski definition) is 5. The predicted molar refractivity (Wildman–Crippen MR) is 72.6 cm³/mol. The van der Waals surface area contributed by atoms with Gasteiger partial charge in [0.15, 0.2) is 0 Å². The highest BCUT2D eigenvalue weighted by Gasteiger charge is 2.13. The molecule has 0 saturated carbocycles. The van der Waals surface area contributed by atoms with Crippen molar-refractivity contribution in [3.63, 3.8) is 0 Å². The fourth-order valence-electron chi connectivity index (χ4n) is 1.60. The summed E-state index contributed by atoms with van der Waals surface area (Å²) in [6.07, 6.45) is 4.33. The zero-order chi connectivity index (χ0) is 12.3. The summed E-state index contributed by atoms with van der Waals surface area (Å²) in [6, 6.07) is 2.04. The van der Waals surface area contributed by atoms with E-state index in [2.05, 4.69) is 36.7 Å². The summed E-state index contributed by atoms with van der Waals surface area (Å²) in [5.41, 5.74) is 4.91. The summed E-state index contributed by atoms with van der Waals surface area (Å²) >= 11 is 5.06. The van der Waals surface area contributed by atoms with Gasteiger partial charge in [0.25, 0.3) is 0 Å². The molecule has 2 rings (SSSR count). The first kappa shape index (κ1) is 12.6. The number of nitrogens with zero attached hydrogens (tertiary/aromatic N) is 2. The molecule has 0 aliphatic carbocycles. The van der Waals surface area contributed by atoms with E-state index in [0.717, 1.165) is 27.2 Å². The van der Waals surface area contributed by atoms with Crippen molar-refractivity contribution in [2.45, 2.75) is 19.4 Å². The van der Waals surface area contributed by atoms with Crippen molar-refractivity contribution < 1.29 is 0 Å². The molecule has 1 atom stereocenters. The molecular formula is C11H13BrN4S. The van der Waals surface area contributed by atoms with Crippen LogP contribution in [0.5, 0.6) is 0 Å². The topological polar surface area (TPSA) is 63.8 Å². The number of hydrazine groups is 1. The molecule has 0 aliphatic heterocycles. The molecule has 0 bridgehead atoms. The fraction of sp³-hybridized carbons (Fsp3) is 0.273. The van der Waals surface area contributed by atoms with Gasteiger partial charge < -0.3 is 0 Å². The monoisotopic (exact) mass is 312 g/mol. The molecule has 17 heavy (non-hydrogen) atoms. The van der Waals surface area contributed by atoms with Gasteiger partial charge in [-0.2, -0.15) is 0 Å². The molecular weight excluding hydrogens is 300 g/mol. The second-order valence-corrected chi connectivity index (χ2v) is 5.70. The molecule has 0 spiro atoms. The average Bonchev–Trinajstić information content (AvgIpc) is 2.72. The zero-order valence-corrected chi connectivity index (χ0v) is 11.8. The lowest BCUT2D eigenvalue weighted by Crippen LogP contribution is -2.29. The first-order valence-electron chi connectivity index (χ1n) is 5.16. The van der Waals surface area contributed by atoms with Crippen LogP contribution < -0.4 is 11.3 Å². The molecule has 1 unspecified atom stereocenters. The van der Waals surface area contributed by atoms with Crippen molar-refractivity contribution in [1.82, 2.24) is 15.4 Å². The maximum Gasteiger partial charge on any atom is 0.0897 e. The Balaban J connectivity index is 2.16. The molecule has 2 aromatic heterocycles. The number of nitrogens with one attached hydrogen (secondary N) is 1. The summed E-state index contributed by atoms with van der Waals surface area (Å²) < 4.78 is 0.949. The SMILES string of the molecule is Cc1nc(CC(NN)c2cncc(Br)c2)cs1. The normalized spacial score (nSPS) is 12.6. The Hall–Kier alpha value is -0.820. The molecule has 0 fully saturated rings. The molecule has 4 nitrogen and oxygen atoms in total.